The van der Waals surface area contributed by atoms with Gasteiger partial charge < -0.3 is 25.1 Å². The molecule has 1 heterocycles. The number of rotatable bonds is 6. The first-order valence-corrected chi connectivity index (χ1v) is 7.72. The number of nitrogens with zero attached hydrogens (tertiary/aromatic N) is 1. The van der Waals surface area contributed by atoms with Gasteiger partial charge in [0.15, 0.2) is 0 Å². The molecule has 2 rings (SSSR count). The molecule has 1 saturated carbocycles. The SMILES string of the molecule is CCOC1CC(NC(=O)OC(C)(C)C)C1NCc1ncc[nH]1. The molecule has 3 N–H and O–H groups in total. The Balaban J connectivity index is 1.85. The molecule has 1 amide bonds. The maximum Gasteiger partial charge on any atom is 0.407 e. The molecule has 1 aliphatic carbocycles. The topological polar surface area (TPSA) is 88.3 Å². The number of hydrogen-bond acceptors (Lipinski definition) is 5. The van der Waals surface area contributed by atoms with Crippen molar-refractivity contribution in [3.8, 4) is 0 Å². The molecule has 0 aromatic carbocycles. The van der Waals surface area contributed by atoms with Crippen LogP contribution in [0.15, 0.2) is 12.4 Å². The van der Waals surface area contributed by atoms with Gasteiger partial charge in [-0.1, -0.05) is 0 Å². The summed E-state index contributed by atoms with van der Waals surface area (Å²) in [7, 11) is 0. The molecule has 7 heteroatoms. The Morgan fingerprint density at radius 1 is 1.50 bits per heavy atom. The summed E-state index contributed by atoms with van der Waals surface area (Å²) in [6.45, 7) is 8.78. The van der Waals surface area contributed by atoms with Crippen LogP contribution < -0.4 is 10.6 Å². The summed E-state index contributed by atoms with van der Waals surface area (Å²) in [4.78, 5) is 19.1. The lowest BCUT2D eigenvalue weighted by molar-refractivity contribution is -0.0439. The van der Waals surface area contributed by atoms with Crippen molar-refractivity contribution in [1.82, 2.24) is 20.6 Å². The second-order valence-electron chi connectivity index (χ2n) is 6.42. The number of ether oxygens (including phenoxy) is 2. The van der Waals surface area contributed by atoms with Crippen LogP contribution in [0.4, 0.5) is 4.79 Å². The summed E-state index contributed by atoms with van der Waals surface area (Å²) >= 11 is 0. The van der Waals surface area contributed by atoms with Gasteiger partial charge in [0.25, 0.3) is 0 Å². The van der Waals surface area contributed by atoms with Crippen LogP contribution in [0.3, 0.4) is 0 Å². The summed E-state index contributed by atoms with van der Waals surface area (Å²) < 4.78 is 11.0. The van der Waals surface area contributed by atoms with Crippen molar-refractivity contribution in [3.63, 3.8) is 0 Å². The fourth-order valence-corrected chi connectivity index (χ4v) is 2.48. The highest BCUT2D eigenvalue weighted by Crippen LogP contribution is 2.25. The highest BCUT2D eigenvalue weighted by molar-refractivity contribution is 5.68. The normalized spacial score (nSPS) is 24.6. The van der Waals surface area contributed by atoms with Crippen LogP contribution in [-0.2, 0) is 16.0 Å². The van der Waals surface area contributed by atoms with E-state index in [0.29, 0.717) is 13.2 Å². The average Bonchev–Trinajstić information content (AvgIpc) is 2.88. The predicted octanol–water partition coefficient (Wildman–Crippen LogP) is 1.57. The summed E-state index contributed by atoms with van der Waals surface area (Å²) in [5.74, 6) is 0.859. The molecular weight excluding hydrogens is 284 g/mol. The molecule has 1 fully saturated rings. The standard InChI is InChI=1S/C15H26N4O3/c1-5-21-11-8-10(19-14(20)22-15(2,3)4)13(11)18-9-12-16-6-7-17-12/h6-7,10-11,13,18H,5,8-9H2,1-4H3,(H,16,17)(H,19,20). The number of imidazole rings is 1. The molecule has 124 valence electrons. The molecule has 22 heavy (non-hydrogen) atoms. The van der Waals surface area contributed by atoms with Gasteiger partial charge in [0.2, 0.25) is 0 Å². The lowest BCUT2D eigenvalue weighted by Crippen LogP contribution is -2.66. The van der Waals surface area contributed by atoms with Crippen molar-refractivity contribution in [2.24, 2.45) is 0 Å². The molecule has 3 atom stereocenters. The van der Waals surface area contributed by atoms with Crippen molar-refractivity contribution < 1.29 is 14.3 Å². The zero-order valence-corrected chi connectivity index (χ0v) is 13.7. The Kier molecular flexibility index (Phi) is 5.42. The maximum absolute atomic E-state index is 11.9. The van der Waals surface area contributed by atoms with Crippen molar-refractivity contribution in [3.05, 3.63) is 18.2 Å². The molecule has 0 spiro atoms. The molecule has 3 unspecified atom stereocenters. The Morgan fingerprint density at radius 3 is 2.86 bits per heavy atom. The summed E-state index contributed by atoms with van der Waals surface area (Å²) in [5, 5.41) is 6.29. The average molecular weight is 310 g/mol. The van der Waals surface area contributed by atoms with E-state index in [-0.39, 0.29) is 18.2 Å². The van der Waals surface area contributed by atoms with E-state index >= 15 is 0 Å². The van der Waals surface area contributed by atoms with E-state index in [9.17, 15) is 4.79 Å². The zero-order chi connectivity index (χ0) is 16.2. The van der Waals surface area contributed by atoms with Crippen LogP contribution in [-0.4, -0.2) is 46.5 Å². The summed E-state index contributed by atoms with van der Waals surface area (Å²) in [6.07, 6.45) is 3.99. The Labute approximate surface area is 131 Å². The van der Waals surface area contributed by atoms with Crippen LogP contribution in [0.1, 0.15) is 39.9 Å². The molecule has 0 aliphatic heterocycles. The third-order valence-corrected chi connectivity index (χ3v) is 3.46. The van der Waals surface area contributed by atoms with Gasteiger partial charge in [0, 0.05) is 19.0 Å². The largest absolute Gasteiger partial charge is 0.444 e. The maximum atomic E-state index is 11.9. The molecule has 1 aromatic heterocycles. The molecule has 0 bridgehead atoms. The number of carbonyl (C=O) groups is 1. The number of hydrogen-bond donors (Lipinski definition) is 3. The van der Waals surface area contributed by atoms with E-state index in [2.05, 4.69) is 20.6 Å². The minimum atomic E-state index is -0.496. The van der Waals surface area contributed by atoms with Crippen LogP contribution in [0, 0.1) is 0 Å². The van der Waals surface area contributed by atoms with Crippen molar-refractivity contribution in [2.75, 3.05) is 6.61 Å². The first-order chi connectivity index (χ1) is 10.4. The van der Waals surface area contributed by atoms with Crippen LogP contribution in [0.5, 0.6) is 0 Å². The van der Waals surface area contributed by atoms with E-state index in [1.807, 2.05) is 27.7 Å². The molecule has 0 saturated heterocycles. The zero-order valence-electron chi connectivity index (χ0n) is 13.7. The minimum Gasteiger partial charge on any atom is -0.444 e. The van der Waals surface area contributed by atoms with E-state index < -0.39 is 11.7 Å². The van der Waals surface area contributed by atoms with Crippen molar-refractivity contribution in [2.45, 2.75) is 64.4 Å². The monoisotopic (exact) mass is 310 g/mol. The predicted molar refractivity (Wildman–Crippen MR) is 82.4 cm³/mol. The van der Waals surface area contributed by atoms with E-state index in [4.69, 9.17) is 9.47 Å². The van der Waals surface area contributed by atoms with Gasteiger partial charge >= 0.3 is 6.09 Å². The minimum absolute atomic E-state index is 0.00126. The fraction of sp³-hybridized carbons (Fsp3) is 0.733. The quantitative estimate of drug-likeness (QED) is 0.742. The Bertz CT molecular complexity index is 470. The Morgan fingerprint density at radius 2 is 2.27 bits per heavy atom. The molecule has 7 nitrogen and oxygen atoms in total. The van der Waals surface area contributed by atoms with Crippen LogP contribution >= 0.6 is 0 Å². The molecule has 1 aliphatic rings. The van der Waals surface area contributed by atoms with Crippen molar-refractivity contribution >= 4 is 6.09 Å². The number of amides is 1. The van der Waals surface area contributed by atoms with E-state index in [0.717, 1.165) is 12.2 Å². The number of nitrogens with one attached hydrogen (secondary N) is 3. The number of alkyl carbamates (subject to hydrolysis) is 1. The number of aromatic amines is 1. The highest BCUT2D eigenvalue weighted by atomic mass is 16.6. The Hall–Kier alpha value is -1.60. The van der Waals surface area contributed by atoms with Crippen molar-refractivity contribution in [1.29, 1.82) is 0 Å². The lowest BCUT2D eigenvalue weighted by atomic mass is 9.82. The molecular formula is C15H26N4O3. The second-order valence-corrected chi connectivity index (χ2v) is 6.42. The van der Waals surface area contributed by atoms with Gasteiger partial charge in [-0.3, -0.25) is 0 Å². The smallest absolute Gasteiger partial charge is 0.407 e. The van der Waals surface area contributed by atoms with E-state index in [1.54, 1.807) is 12.4 Å². The van der Waals surface area contributed by atoms with Gasteiger partial charge in [0.1, 0.15) is 11.4 Å². The van der Waals surface area contributed by atoms with E-state index in [1.165, 1.54) is 0 Å². The molecule has 1 aromatic rings. The number of aromatic nitrogens is 2. The van der Waals surface area contributed by atoms with Crippen LogP contribution in [0.25, 0.3) is 0 Å². The van der Waals surface area contributed by atoms with Crippen LogP contribution in [0.2, 0.25) is 0 Å². The van der Waals surface area contributed by atoms with Gasteiger partial charge in [-0.25, -0.2) is 9.78 Å². The third-order valence-electron chi connectivity index (χ3n) is 3.46. The van der Waals surface area contributed by atoms with Gasteiger partial charge in [-0.05, 0) is 34.1 Å². The first kappa shape index (κ1) is 16.8. The summed E-state index contributed by atoms with van der Waals surface area (Å²) in [6, 6.07) is 0.0546. The number of H-pyrrole nitrogens is 1. The molecule has 0 radical (unpaired) electrons. The lowest BCUT2D eigenvalue weighted by Gasteiger charge is -2.44. The third kappa shape index (κ3) is 4.71. The first-order valence-electron chi connectivity index (χ1n) is 7.72. The number of carbonyl (C=O) groups excluding carboxylic acids is 1. The van der Waals surface area contributed by atoms with Gasteiger partial charge in [-0.15, -0.1) is 0 Å². The van der Waals surface area contributed by atoms with Gasteiger partial charge in [0.05, 0.1) is 24.7 Å². The van der Waals surface area contributed by atoms with Gasteiger partial charge in [-0.2, -0.15) is 0 Å². The fourth-order valence-electron chi connectivity index (χ4n) is 2.48. The highest BCUT2D eigenvalue weighted by Gasteiger charge is 2.42. The second kappa shape index (κ2) is 7.11. The summed E-state index contributed by atoms with van der Waals surface area (Å²) in [5.41, 5.74) is -0.496.